The van der Waals surface area contributed by atoms with Crippen molar-refractivity contribution in [1.82, 2.24) is 14.9 Å². The predicted molar refractivity (Wildman–Crippen MR) is 99.9 cm³/mol. The highest BCUT2D eigenvalue weighted by Gasteiger charge is 2.35. The van der Waals surface area contributed by atoms with Gasteiger partial charge in [0.2, 0.25) is 5.82 Å². The minimum absolute atomic E-state index is 0.0710. The van der Waals surface area contributed by atoms with Crippen molar-refractivity contribution in [3.63, 3.8) is 0 Å². The second-order valence-corrected chi connectivity index (χ2v) is 6.92. The minimum Gasteiger partial charge on any atom is -0.468 e. The third-order valence-electron chi connectivity index (χ3n) is 5.02. The molecule has 1 atom stereocenters. The van der Waals surface area contributed by atoms with E-state index in [1.165, 1.54) is 6.42 Å². The van der Waals surface area contributed by atoms with E-state index in [0.29, 0.717) is 11.9 Å². The zero-order chi connectivity index (χ0) is 19.6. The lowest BCUT2D eigenvalue weighted by molar-refractivity contribution is -0.144. The maximum Gasteiger partial charge on any atom is 0.451 e. The van der Waals surface area contributed by atoms with Crippen molar-refractivity contribution in [2.45, 2.75) is 31.5 Å². The summed E-state index contributed by atoms with van der Waals surface area (Å²) < 4.78 is 45.3. The molecule has 4 rings (SSSR count). The third kappa shape index (κ3) is 3.96. The molecule has 5 nitrogen and oxygen atoms in total. The number of nitrogens with one attached hydrogen (secondary N) is 1. The fraction of sp³-hybridized carbons (Fsp3) is 0.400. The Morgan fingerprint density at radius 2 is 1.82 bits per heavy atom. The number of hydrogen-bond acceptors (Lipinski definition) is 5. The van der Waals surface area contributed by atoms with Crippen LogP contribution in [0.3, 0.4) is 0 Å². The van der Waals surface area contributed by atoms with Crippen molar-refractivity contribution in [1.29, 1.82) is 0 Å². The van der Waals surface area contributed by atoms with Gasteiger partial charge in [0.15, 0.2) is 0 Å². The molecular formula is C20H21F3N4O. The van der Waals surface area contributed by atoms with Gasteiger partial charge in [-0.15, -0.1) is 0 Å². The quantitative estimate of drug-likeness (QED) is 0.673. The number of fused-ring (bicyclic) bond motifs is 1. The molecule has 28 heavy (non-hydrogen) atoms. The van der Waals surface area contributed by atoms with Gasteiger partial charge in [-0.25, -0.2) is 9.97 Å². The molecule has 1 aliphatic rings. The van der Waals surface area contributed by atoms with Gasteiger partial charge in [0, 0.05) is 11.9 Å². The second kappa shape index (κ2) is 7.79. The highest BCUT2D eigenvalue weighted by Crippen LogP contribution is 2.31. The number of hydrogen-bond donors (Lipinski definition) is 1. The normalized spacial score (nSPS) is 17.0. The van der Waals surface area contributed by atoms with Gasteiger partial charge in [-0.2, -0.15) is 13.2 Å². The Hall–Kier alpha value is -2.61. The van der Waals surface area contributed by atoms with Crippen LogP contribution in [-0.4, -0.2) is 34.5 Å². The van der Waals surface area contributed by atoms with E-state index in [4.69, 9.17) is 4.42 Å². The highest BCUT2D eigenvalue weighted by molar-refractivity contribution is 5.89. The zero-order valence-corrected chi connectivity index (χ0v) is 15.2. The maximum atomic E-state index is 13.2. The molecule has 1 aromatic carbocycles. The summed E-state index contributed by atoms with van der Waals surface area (Å²) in [4.78, 5) is 9.75. The molecular weight excluding hydrogens is 369 g/mol. The molecule has 1 unspecified atom stereocenters. The first-order valence-corrected chi connectivity index (χ1v) is 9.38. The van der Waals surface area contributed by atoms with Crippen molar-refractivity contribution in [2.24, 2.45) is 0 Å². The molecule has 148 valence electrons. The average molecular weight is 390 g/mol. The first kappa shape index (κ1) is 18.7. The van der Waals surface area contributed by atoms with Crippen LogP contribution in [0, 0.1) is 0 Å². The number of benzene rings is 1. The van der Waals surface area contributed by atoms with Crippen LogP contribution >= 0.6 is 0 Å². The summed E-state index contributed by atoms with van der Waals surface area (Å²) in [6.45, 7) is 2.27. The first-order chi connectivity index (χ1) is 13.5. The van der Waals surface area contributed by atoms with Gasteiger partial charge < -0.3 is 9.73 Å². The van der Waals surface area contributed by atoms with Gasteiger partial charge in [-0.1, -0.05) is 18.6 Å². The molecule has 0 spiro atoms. The van der Waals surface area contributed by atoms with Gasteiger partial charge in [-0.05, 0) is 50.2 Å². The Labute approximate surface area is 160 Å². The smallest absolute Gasteiger partial charge is 0.451 e. The van der Waals surface area contributed by atoms with Crippen molar-refractivity contribution >= 4 is 16.7 Å². The molecule has 3 heterocycles. The van der Waals surface area contributed by atoms with E-state index in [1.807, 2.05) is 12.1 Å². The molecule has 0 aliphatic carbocycles. The lowest BCUT2D eigenvalue weighted by atomic mass is 10.1. The number of alkyl halides is 3. The lowest BCUT2D eigenvalue weighted by Gasteiger charge is -2.33. The van der Waals surface area contributed by atoms with Crippen LogP contribution in [0.15, 0.2) is 47.1 Å². The molecule has 1 aliphatic heterocycles. The number of likely N-dealkylation sites (tertiary alicyclic amines) is 1. The topological polar surface area (TPSA) is 54.2 Å². The van der Waals surface area contributed by atoms with Crippen molar-refractivity contribution < 1.29 is 17.6 Å². The minimum atomic E-state index is -4.60. The molecule has 0 radical (unpaired) electrons. The fourth-order valence-electron chi connectivity index (χ4n) is 3.65. The number of rotatable bonds is 5. The fourth-order valence-corrected chi connectivity index (χ4v) is 3.65. The van der Waals surface area contributed by atoms with Crippen LogP contribution in [0.4, 0.5) is 19.0 Å². The van der Waals surface area contributed by atoms with E-state index < -0.39 is 12.0 Å². The van der Waals surface area contributed by atoms with Crippen molar-refractivity contribution in [3.8, 4) is 0 Å². The van der Waals surface area contributed by atoms with Crippen LogP contribution in [-0.2, 0) is 6.18 Å². The number of para-hydroxylation sites is 1. The van der Waals surface area contributed by atoms with Crippen LogP contribution in [0.25, 0.3) is 10.9 Å². The Morgan fingerprint density at radius 3 is 2.54 bits per heavy atom. The number of anilines is 1. The standard InChI is InChI=1S/C20H21F3N4O/c21-20(22,23)19-25-15-8-3-2-7-14(15)18(26-19)24-13-16(17-9-6-12-28-17)27-10-4-1-5-11-27/h2-3,6-9,12,16H,1,4-5,10-11,13H2,(H,24,25,26). The molecule has 2 aromatic heterocycles. The van der Waals surface area contributed by atoms with E-state index in [-0.39, 0.29) is 17.4 Å². The first-order valence-electron chi connectivity index (χ1n) is 9.38. The van der Waals surface area contributed by atoms with Crippen LogP contribution in [0.5, 0.6) is 0 Å². The predicted octanol–water partition coefficient (Wildman–Crippen LogP) is 4.88. The Morgan fingerprint density at radius 1 is 1.04 bits per heavy atom. The highest BCUT2D eigenvalue weighted by atomic mass is 19.4. The molecule has 1 fully saturated rings. The van der Waals surface area contributed by atoms with Gasteiger partial charge in [0.05, 0.1) is 17.8 Å². The second-order valence-electron chi connectivity index (χ2n) is 6.92. The number of aromatic nitrogens is 2. The molecule has 8 heteroatoms. The Bertz CT molecular complexity index is 921. The summed E-state index contributed by atoms with van der Waals surface area (Å²) in [5.74, 6) is -0.156. The monoisotopic (exact) mass is 390 g/mol. The van der Waals surface area contributed by atoms with Crippen LogP contribution in [0.1, 0.15) is 36.9 Å². The number of furan rings is 1. The van der Waals surface area contributed by atoms with Gasteiger partial charge in [0.25, 0.3) is 0 Å². The van der Waals surface area contributed by atoms with E-state index >= 15 is 0 Å². The van der Waals surface area contributed by atoms with E-state index in [0.717, 1.165) is 31.7 Å². The van der Waals surface area contributed by atoms with Crippen LogP contribution in [0.2, 0.25) is 0 Å². The summed E-state index contributed by atoms with van der Waals surface area (Å²) >= 11 is 0. The molecule has 1 N–H and O–H groups in total. The van der Waals surface area contributed by atoms with E-state index in [1.54, 1.807) is 30.5 Å². The zero-order valence-electron chi connectivity index (χ0n) is 15.2. The lowest BCUT2D eigenvalue weighted by Crippen LogP contribution is -2.37. The average Bonchev–Trinajstić information content (AvgIpc) is 3.22. The van der Waals surface area contributed by atoms with E-state index in [2.05, 4.69) is 20.2 Å². The number of piperidine rings is 1. The van der Waals surface area contributed by atoms with Crippen molar-refractivity contribution in [2.75, 3.05) is 25.0 Å². The third-order valence-corrected chi connectivity index (χ3v) is 5.02. The molecule has 0 saturated carbocycles. The number of nitrogens with zero attached hydrogens (tertiary/aromatic N) is 3. The molecule has 0 amide bonds. The van der Waals surface area contributed by atoms with Gasteiger partial charge >= 0.3 is 6.18 Å². The summed E-state index contributed by atoms with van der Waals surface area (Å²) in [6.07, 6.45) is 0.417. The summed E-state index contributed by atoms with van der Waals surface area (Å²) in [5, 5.41) is 3.70. The SMILES string of the molecule is FC(F)(F)c1nc(NCC(c2ccco2)N2CCCCC2)c2ccccc2n1. The Kier molecular flexibility index (Phi) is 5.21. The summed E-state index contributed by atoms with van der Waals surface area (Å²) in [7, 11) is 0. The van der Waals surface area contributed by atoms with Gasteiger partial charge in [0.1, 0.15) is 11.6 Å². The molecule has 1 saturated heterocycles. The maximum absolute atomic E-state index is 13.2. The number of halogens is 3. The molecule has 3 aromatic rings. The van der Waals surface area contributed by atoms with E-state index in [9.17, 15) is 13.2 Å². The largest absolute Gasteiger partial charge is 0.468 e. The Balaban J connectivity index is 1.64. The van der Waals surface area contributed by atoms with Gasteiger partial charge in [-0.3, -0.25) is 4.90 Å². The molecule has 0 bridgehead atoms. The summed E-state index contributed by atoms with van der Waals surface area (Å²) in [6, 6.07) is 10.4. The summed E-state index contributed by atoms with van der Waals surface area (Å²) in [5.41, 5.74) is 0.264. The van der Waals surface area contributed by atoms with Crippen LogP contribution < -0.4 is 5.32 Å². The van der Waals surface area contributed by atoms with Crippen molar-refractivity contribution in [3.05, 3.63) is 54.2 Å².